The van der Waals surface area contributed by atoms with E-state index in [4.69, 9.17) is 21.6 Å². The molecule has 3 rings (SSSR count). The van der Waals surface area contributed by atoms with Gasteiger partial charge in [0, 0.05) is 28.7 Å². The summed E-state index contributed by atoms with van der Waals surface area (Å²) in [6.07, 6.45) is 0.625. The van der Waals surface area contributed by atoms with Crippen molar-refractivity contribution in [1.29, 1.82) is 5.26 Å². The Morgan fingerprint density at radius 2 is 2.04 bits per heavy atom. The minimum absolute atomic E-state index is 0.625. The first kappa shape index (κ1) is 18.1. The zero-order valence-corrected chi connectivity index (χ0v) is 15.2. The predicted octanol–water partition coefficient (Wildman–Crippen LogP) is 6.10. The first-order valence-electron chi connectivity index (χ1n) is 7.59. The van der Waals surface area contributed by atoms with Gasteiger partial charge in [0.15, 0.2) is 0 Å². The van der Waals surface area contributed by atoms with Crippen LogP contribution in [-0.2, 0) is 6.54 Å². The molecule has 0 radical (unpaired) electrons. The Hall–Kier alpha value is -2.22. The molecule has 0 spiro atoms. The van der Waals surface area contributed by atoms with Gasteiger partial charge < -0.3 is 10.1 Å². The lowest BCUT2D eigenvalue weighted by Gasteiger charge is -2.09. The molecule has 0 saturated carbocycles. The predicted molar refractivity (Wildman–Crippen MR) is 103 cm³/mol. The minimum Gasteiger partial charge on any atom is -0.495 e. The van der Waals surface area contributed by atoms with E-state index >= 15 is 0 Å². The molecule has 2 aromatic carbocycles. The number of nitriles is 1. The monoisotopic (exact) mass is 358 g/mol. The number of benzene rings is 2. The van der Waals surface area contributed by atoms with Crippen LogP contribution >= 0.6 is 22.9 Å². The SMILES string of the molecule is CCC#N.COc1ccc(CNc2cccc3sccc23)cc1Cl. The molecule has 0 amide bonds. The maximum absolute atomic E-state index is 7.62. The van der Waals surface area contributed by atoms with Crippen molar-refractivity contribution >= 4 is 38.7 Å². The summed E-state index contributed by atoms with van der Waals surface area (Å²) >= 11 is 7.89. The van der Waals surface area contributed by atoms with E-state index in [1.807, 2.05) is 31.2 Å². The van der Waals surface area contributed by atoms with Crippen LogP contribution in [0.3, 0.4) is 0 Å². The summed E-state index contributed by atoms with van der Waals surface area (Å²) in [6.45, 7) is 2.55. The van der Waals surface area contributed by atoms with Crippen molar-refractivity contribution in [2.75, 3.05) is 12.4 Å². The van der Waals surface area contributed by atoms with Crippen LogP contribution in [0.15, 0.2) is 47.8 Å². The van der Waals surface area contributed by atoms with Gasteiger partial charge in [-0.25, -0.2) is 0 Å². The lowest BCUT2D eigenvalue weighted by Crippen LogP contribution is -1.99. The van der Waals surface area contributed by atoms with Crippen LogP contribution in [0.2, 0.25) is 5.02 Å². The molecule has 1 N–H and O–H groups in total. The second kappa shape index (κ2) is 9.17. The molecule has 5 heteroatoms. The molecule has 0 aliphatic heterocycles. The fourth-order valence-electron chi connectivity index (χ4n) is 2.17. The number of methoxy groups -OCH3 is 1. The molecule has 0 atom stereocenters. The lowest BCUT2D eigenvalue weighted by molar-refractivity contribution is 0.415. The van der Waals surface area contributed by atoms with Gasteiger partial charge >= 0.3 is 0 Å². The molecule has 0 bridgehead atoms. The number of hydrogen-bond donors (Lipinski definition) is 1. The number of halogens is 1. The van der Waals surface area contributed by atoms with E-state index in [1.165, 1.54) is 10.1 Å². The van der Waals surface area contributed by atoms with Gasteiger partial charge in [-0.1, -0.05) is 30.7 Å². The van der Waals surface area contributed by atoms with Crippen LogP contribution in [-0.4, -0.2) is 7.11 Å². The number of rotatable bonds is 4. The van der Waals surface area contributed by atoms with Crippen LogP contribution in [0.1, 0.15) is 18.9 Å². The average molecular weight is 359 g/mol. The fourth-order valence-corrected chi connectivity index (χ4v) is 3.26. The number of fused-ring (bicyclic) bond motifs is 1. The van der Waals surface area contributed by atoms with E-state index in [2.05, 4.69) is 35.0 Å². The molecular formula is C19H19ClN2OS. The highest BCUT2D eigenvalue weighted by Crippen LogP contribution is 2.29. The fraction of sp³-hybridized carbons (Fsp3) is 0.211. The van der Waals surface area contributed by atoms with Crippen molar-refractivity contribution in [2.45, 2.75) is 19.9 Å². The molecule has 3 aromatic rings. The molecule has 124 valence electrons. The summed E-state index contributed by atoms with van der Waals surface area (Å²) in [5, 5.41) is 15.1. The van der Waals surface area contributed by atoms with Gasteiger partial charge in [-0.3, -0.25) is 0 Å². The zero-order valence-electron chi connectivity index (χ0n) is 13.7. The quantitative estimate of drug-likeness (QED) is 0.613. The smallest absolute Gasteiger partial charge is 0.137 e. The molecule has 0 aliphatic rings. The number of anilines is 1. The molecule has 0 fully saturated rings. The van der Waals surface area contributed by atoms with Gasteiger partial charge in [-0.05, 0) is 41.3 Å². The highest BCUT2D eigenvalue weighted by molar-refractivity contribution is 7.17. The third-order valence-electron chi connectivity index (χ3n) is 3.35. The Bertz CT molecular complexity index is 839. The van der Waals surface area contributed by atoms with Crippen LogP contribution in [0.5, 0.6) is 5.75 Å². The van der Waals surface area contributed by atoms with Crippen LogP contribution in [0.25, 0.3) is 10.1 Å². The van der Waals surface area contributed by atoms with Crippen molar-refractivity contribution in [3.63, 3.8) is 0 Å². The Kier molecular flexibility index (Phi) is 6.92. The maximum atomic E-state index is 7.62. The molecule has 24 heavy (non-hydrogen) atoms. The summed E-state index contributed by atoms with van der Waals surface area (Å²) in [5.74, 6) is 0.704. The molecule has 0 saturated heterocycles. The third-order valence-corrected chi connectivity index (χ3v) is 4.53. The van der Waals surface area contributed by atoms with E-state index in [1.54, 1.807) is 18.4 Å². The lowest BCUT2D eigenvalue weighted by atomic mass is 10.2. The number of nitrogens with one attached hydrogen (secondary N) is 1. The van der Waals surface area contributed by atoms with Gasteiger partial charge in [0.1, 0.15) is 5.75 Å². The normalized spacial score (nSPS) is 9.75. The highest BCUT2D eigenvalue weighted by Gasteiger charge is 2.04. The minimum atomic E-state index is 0.625. The van der Waals surface area contributed by atoms with E-state index in [0.717, 1.165) is 17.8 Å². The Morgan fingerprint density at radius 3 is 2.71 bits per heavy atom. The molecule has 0 aliphatic carbocycles. The highest BCUT2D eigenvalue weighted by atomic mass is 35.5. The standard InChI is InChI=1S/C16H14ClNOS.C3H5N/c1-19-15-6-5-11(9-13(15)17)10-18-14-3-2-4-16-12(14)7-8-20-16;1-2-3-4/h2-9,18H,10H2,1H3;2H2,1H3. The van der Waals surface area contributed by atoms with Crippen molar-refractivity contribution in [3.05, 3.63) is 58.4 Å². The summed E-state index contributed by atoms with van der Waals surface area (Å²) in [5.41, 5.74) is 2.28. The van der Waals surface area contributed by atoms with Gasteiger partial charge in [0.05, 0.1) is 18.2 Å². The van der Waals surface area contributed by atoms with E-state index in [9.17, 15) is 0 Å². The second-order valence-corrected chi connectivity index (χ2v) is 6.33. The van der Waals surface area contributed by atoms with Crippen LogP contribution in [0, 0.1) is 11.3 Å². The van der Waals surface area contributed by atoms with E-state index in [0.29, 0.717) is 17.2 Å². The number of hydrogen-bond acceptors (Lipinski definition) is 4. The van der Waals surface area contributed by atoms with Crippen molar-refractivity contribution in [2.24, 2.45) is 0 Å². The zero-order chi connectivity index (χ0) is 17.4. The Labute approximate surface area is 151 Å². The second-order valence-electron chi connectivity index (χ2n) is 4.97. The summed E-state index contributed by atoms with van der Waals surface area (Å²) in [4.78, 5) is 0. The van der Waals surface area contributed by atoms with E-state index in [-0.39, 0.29) is 0 Å². The van der Waals surface area contributed by atoms with Gasteiger partial charge in [0.2, 0.25) is 0 Å². The first-order chi connectivity index (χ1) is 11.7. The molecule has 1 heterocycles. The Morgan fingerprint density at radius 1 is 1.25 bits per heavy atom. The molecular weight excluding hydrogens is 340 g/mol. The topological polar surface area (TPSA) is 45.0 Å². The van der Waals surface area contributed by atoms with Gasteiger partial charge in [-0.2, -0.15) is 5.26 Å². The summed E-state index contributed by atoms with van der Waals surface area (Å²) in [7, 11) is 1.62. The molecule has 0 unspecified atom stereocenters. The molecule has 1 aromatic heterocycles. The number of thiophene rings is 1. The van der Waals surface area contributed by atoms with Crippen molar-refractivity contribution in [1.82, 2.24) is 0 Å². The summed E-state index contributed by atoms with van der Waals surface area (Å²) < 4.78 is 6.45. The Balaban J connectivity index is 0.000000471. The number of nitrogens with zero attached hydrogens (tertiary/aromatic N) is 1. The van der Waals surface area contributed by atoms with Gasteiger partial charge in [-0.15, -0.1) is 11.3 Å². The van der Waals surface area contributed by atoms with Gasteiger partial charge in [0.25, 0.3) is 0 Å². The number of ether oxygens (including phenoxy) is 1. The van der Waals surface area contributed by atoms with E-state index < -0.39 is 0 Å². The van der Waals surface area contributed by atoms with Crippen LogP contribution < -0.4 is 10.1 Å². The maximum Gasteiger partial charge on any atom is 0.137 e. The van der Waals surface area contributed by atoms with Crippen LogP contribution in [0.4, 0.5) is 5.69 Å². The van der Waals surface area contributed by atoms with Crippen molar-refractivity contribution < 1.29 is 4.74 Å². The molecule has 3 nitrogen and oxygen atoms in total. The average Bonchev–Trinajstić information content (AvgIpc) is 3.09. The third kappa shape index (κ3) is 4.64. The van der Waals surface area contributed by atoms with Crippen molar-refractivity contribution in [3.8, 4) is 11.8 Å². The first-order valence-corrected chi connectivity index (χ1v) is 8.84. The largest absolute Gasteiger partial charge is 0.495 e. The summed E-state index contributed by atoms with van der Waals surface area (Å²) in [6, 6.07) is 16.2.